The van der Waals surface area contributed by atoms with Gasteiger partial charge in [0.05, 0.1) is 5.69 Å². The number of anilines is 1. The van der Waals surface area contributed by atoms with E-state index in [1.165, 1.54) is 11.5 Å². The molecule has 3 N–H and O–H groups in total. The molecule has 3 rings (SSSR count). The van der Waals surface area contributed by atoms with Crippen molar-refractivity contribution in [1.82, 2.24) is 10.2 Å². The van der Waals surface area contributed by atoms with E-state index in [1.54, 1.807) is 0 Å². The Morgan fingerprint density at radius 2 is 1.95 bits per heavy atom. The number of rotatable bonds is 3. The van der Waals surface area contributed by atoms with Gasteiger partial charge in [0, 0.05) is 6.07 Å². The number of nitrogen functional groups attached to an aromatic ring is 1. The van der Waals surface area contributed by atoms with Gasteiger partial charge < -0.3 is 10.5 Å². The second-order valence-corrected chi connectivity index (χ2v) is 5.89. The molecule has 0 spiro atoms. The van der Waals surface area contributed by atoms with Crippen LogP contribution in [0.3, 0.4) is 0 Å². The molecule has 1 fully saturated rings. The van der Waals surface area contributed by atoms with Crippen molar-refractivity contribution in [2.45, 2.75) is 18.9 Å². The third-order valence-corrected chi connectivity index (χ3v) is 4.28. The van der Waals surface area contributed by atoms with Gasteiger partial charge in [0.25, 0.3) is 0 Å². The Balaban J connectivity index is 1.68. The fourth-order valence-electron chi connectivity index (χ4n) is 2.18. The monoisotopic (exact) mass is 275 g/mol. The minimum absolute atomic E-state index is 0.370. The molecule has 0 unspecified atom stereocenters. The van der Waals surface area contributed by atoms with E-state index in [1.807, 2.05) is 42.1 Å². The molecule has 0 amide bonds. The maximum absolute atomic E-state index is 5.99. The van der Waals surface area contributed by atoms with Gasteiger partial charge >= 0.3 is 0 Å². The van der Waals surface area contributed by atoms with Crippen molar-refractivity contribution in [3.63, 3.8) is 0 Å². The summed E-state index contributed by atoms with van der Waals surface area (Å²) < 4.78 is 5.99. The van der Waals surface area contributed by atoms with E-state index in [2.05, 4.69) is 10.2 Å². The molecule has 1 aromatic heterocycles. The van der Waals surface area contributed by atoms with Crippen molar-refractivity contribution in [3.05, 3.63) is 30.3 Å². The minimum Gasteiger partial charge on any atom is -0.490 e. The third-order valence-electron chi connectivity index (χ3n) is 3.23. The van der Waals surface area contributed by atoms with Crippen LogP contribution in [0, 0.1) is 0 Å². The van der Waals surface area contributed by atoms with E-state index < -0.39 is 0 Å². The van der Waals surface area contributed by atoms with Crippen LogP contribution in [-0.2, 0) is 0 Å². The summed E-state index contributed by atoms with van der Waals surface area (Å²) in [7, 11) is 0. The summed E-state index contributed by atoms with van der Waals surface area (Å²) in [4.78, 5) is 0. The number of aromatic nitrogens is 2. The molecular formula is C14H17N3OS. The zero-order valence-corrected chi connectivity index (χ0v) is 11.5. The summed E-state index contributed by atoms with van der Waals surface area (Å²) in [5.41, 5.74) is 7.59. The fraction of sp³-hybridized carbons (Fsp3) is 0.357. The lowest BCUT2D eigenvalue weighted by Gasteiger charge is -2.22. The number of nitrogens with one attached hydrogen (secondary N) is 1. The van der Waals surface area contributed by atoms with Crippen molar-refractivity contribution in [2.75, 3.05) is 17.2 Å². The number of nitrogens with two attached hydrogens (primary N) is 1. The van der Waals surface area contributed by atoms with Crippen LogP contribution in [0.15, 0.2) is 30.3 Å². The first kappa shape index (κ1) is 12.4. The van der Waals surface area contributed by atoms with Crippen LogP contribution < -0.4 is 10.5 Å². The van der Waals surface area contributed by atoms with E-state index >= 15 is 0 Å². The first-order valence-electron chi connectivity index (χ1n) is 6.47. The maximum atomic E-state index is 5.99. The average molecular weight is 275 g/mol. The molecular weight excluding hydrogens is 258 g/mol. The van der Waals surface area contributed by atoms with Crippen molar-refractivity contribution < 1.29 is 4.74 Å². The summed E-state index contributed by atoms with van der Waals surface area (Å²) in [6, 6.07) is 9.90. The van der Waals surface area contributed by atoms with Gasteiger partial charge in [0.1, 0.15) is 17.7 Å². The lowest BCUT2D eigenvalue weighted by molar-refractivity contribution is 0.192. The average Bonchev–Trinajstić information content (AvgIpc) is 2.87. The van der Waals surface area contributed by atoms with Gasteiger partial charge in [0.2, 0.25) is 0 Å². The number of hydrogen-bond donors (Lipinski definition) is 2. The molecule has 0 bridgehead atoms. The molecule has 1 aromatic carbocycles. The highest BCUT2D eigenvalue weighted by atomic mass is 32.2. The number of benzene rings is 1. The Labute approximate surface area is 116 Å². The third kappa shape index (κ3) is 3.04. The zero-order chi connectivity index (χ0) is 13.1. The van der Waals surface area contributed by atoms with Crippen LogP contribution in [0.25, 0.3) is 11.3 Å². The molecule has 4 nitrogen and oxygen atoms in total. The number of ether oxygens (including phenoxy) is 1. The molecule has 0 radical (unpaired) electrons. The Kier molecular flexibility index (Phi) is 3.64. The summed E-state index contributed by atoms with van der Waals surface area (Å²) in [5.74, 6) is 3.86. The second-order valence-electron chi connectivity index (χ2n) is 4.66. The van der Waals surface area contributed by atoms with Crippen molar-refractivity contribution in [2.24, 2.45) is 0 Å². The van der Waals surface area contributed by atoms with E-state index in [0.29, 0.717) is 11.9 Å². The van der Waals surface area contributed by atoms with Crippen LogP contribution in [0.1, 0.15) is 12.8 Å². The zero-order valence-electron chi connectivity index (χ0n) is 10.6. The molecule has 1 aliphatic rings. The van der Waals surface area contributed by atoms with Crippen LogP contribution in [-0.4, -0.2) is 27.8 Å². The predicted molar refractivity (Wildman–Crippen MR) is 79.4 cm³/mol. The van der Waals surface area contributed by atoms with Gasteiger partial charge in [-0.2, -0.15) is 16.9 Å². The van der Waals surface area contributed by atoms with E-state index in [-0.39, 0.29) is 0 Å². The molecule has 0 aliphatic carbocycles. The molecule has 2 aromatic rings. The van der Waals surface area contributed by atoms with Crippen LogP contribution >= 0.6 is 11.8 Å². The molecule has 5 heteroatoms. The standard InChI is InChI=1S/C14H17N3OS/c15-14-9-13(16-17-14)10-1-3-11(4-2-10)18-12-5-7-19-8-6-12/h1-4,9,12H,5-8H2,(H3,15,16,17). The topological polar surface area (TPSA) is 63.9 Å². The highest BCUT2D eigenvalue weighted by molar-refractivity contribution is 7.99. The lowest BCUT2D eigenvalue weighted by Crippen LogP contribution is -2.21. The SMILES string of the molecule is Nc1cc(-c2ccc(OC3CCSCC3)cc2)[nH]n1. The maximum Gasteiger partial charge on any atom is 0.145 e. The summed E-state index contributed by atoms with van der Waals surface area (Å²) in [5, 5.41) is 6.83. The first-order chi connectivity index (χ1) is 9.31. The highest BCUT2D eigenvalue weighted by Crippen LogP contribution is 2.25. The van der Waals surface area contributed by atoms with Crippen molar-refractivity contribution in [3.8, 4) is 17.0 Å². The van der Waals surface area contributed by atoms with E-state index in [0.717, 1.165) is 29.8 Å². The van der Waals surface area contributed by atoms with Gasteiger partial charge in [0.15, 0.2) is 0 Å². The van der Waals surface area contributed by atoms with Gasteiger partial charge in [-0.3, -0.25) is 5.10 Å². The Morgan fingerprint density at radius 1 is 1.21 bits per heavy atom. The minimum atomic E-state index is 0.370. The molecule has 0 atom stereocenters. The van der Waals surface area contributed by atoms with E-state index in [9.17, 15) is 0 Å². The number of aromatic amines is 1. The van der Waals surface area contributed by atoms with Crippen molar-refractivity contribution >= 4 is 17.6 Å². The van der Waals surface area contributed by atoms with Crippen LogP contribution in [0.5, 0.6) is 5.75 Å². The summed E-state index contributed by atoms with van der Waals surface area (Å²) in [6.07, 6.45) is 2.65. The van der Waals surface area contributed by atoms with Crippen LogP contribution in [0.4, 0.5) is 5.82 Å². The van der Waals surface area contributed by atoms with Gasteiger partial charge in [-0.1, -0.05) is 0 Å². The number of hydrogen-bond acceptors (Lipinski definition) is 4. The van der Waals surface area contributed by atoms with E-state index in [4.69, 9.17) is 10.5 Å². The van der Waals surface area contributed by atoms with Gasteiger partial charge in [-0.15, -0.1) is 0 Å². The van der Waals surface area contributed by atoms with Crippen molar-refractivity contribution in [1.29, 1.82) is 0 Å². The van der Waals surface area contributed by atoms with Gasteiger partial charge in [-0.25, -0.2) is 0 Å². The van der Waals surface area contributed by atoms with Crippen LogP contribution in [0.2, 0.25) is 0 Å². The normalized spacial score (nSPS) is 16.4. The predicted octanol–water partition coefficient (Wildman–Crippen LogP) is 2.93. The molecule has 0 saturated carbocycles. The Morgan fingerprint density at radius 3 is 2.58 bits per heavy atom. The molecule has 19 heavy (non-hydrogen) atoms. The Hall–Kier alpha value is -1.62. The summed E-state index contributed by atoms with van der Waals surface area (Å²) in [6.45, 7) is 0. The molecule has 1 saturated heterocycles. The molecule has 1 aliphatic heterocycles. The smallest absolute Gasteiger partial charge is 0.145 e. The highest BCUT2D eigenvalue weighted by Gasteiger charge is 2.15. The first-order valence-corrected chi connectivity index (χ1v) is 7.62. The molecule has 100 valence electrons. The molecule has 2 heterocycles. The largest absolute Gasteiger partial charge is 0.490 e. The number of H-pyrrole nitrogens is 1. The quantitative estimate of drug-likeness (QED) is 0.904. The number of nitrogens with zero attached hydrogens (tertiary/aromatic N) is 1. The fourth-order valence-corrected chi connectivity index (χ4v) is 3.25. The van der Waals surface area contributed by atoms with Gasteiger partial charge in [-0.05, 0) is 54.2 Å². The number of thioether (sulfide) groups is 1. The lowest BCUT2D eigenvalue weighted by atomic mass is 10.1. The second kappa shape index (κ2) is 5.57. The summed E-state index contributed by atoms with van der Waals surface area (Å²) >= 11 is 2.01. The Bertz CT molecular complexity index is 532.